The van der Waals surface area contributed by atoms with Crippen LogP contribution in [0.15, 0.2) is 4.99 Å². The molecule has 0 aromatic heterocycles. The van der Waals surface area contributed by atoms with Gasteiger partial charge in [0.1, 0.15) is 0 Å². The van der Waals surface area contributed by atoms with E-state index in [1.165, 1.54) is 13.1 Å². The highest BCUT2D eigenvalue weighted by atomic mass is 15.3. The molecule has 1 saturated heterocycles. The normalized spacial score (nSPS) is 18.2. The monoisotopic (exact) mass is 141 g/mol. The maximum Gasteiger partial charge on any atom is 0.0845 e. The van der Waals surface area contributed by atoms with Gasteiger partial charge < -0.3 is 4.90 Å². The van der Waals surface area contributed by atoms with E-state index in [0.29, 0.717) is 0 Å². The van der Waals surface area contributed by atoms with Crippen LogP contribution in [0, 0.1) is 0 Å². The van der Waals surface area contributed by atoms with Crippen molar-refractivity contribution >= 4 is 6.34 Å². The molecular weight excluding hydrogens is 126 g/mol. The molecule has 3 heteroatoms. The fourth-order valence-electron chi connectivity index (χ4n) is 0.715. The first-order chi connectivity index (χ1) is 4.79. The van der Waals surface area contributed by atoms with Crippen molar-refractivity contribution in [1.82, 2.24) is 9.80 Å². The summed E-state index contributed by atoms with van der Waals surface area (Å²) in [5.41, 5.74) is 0. The van der Waals surface area contributed by atoms with Gasteiger partial charge in [-0.1, -0.05) is 0 Å². The van der Waals surface area contributed by atoms with Crippen LogP contribution >= 0.6 is 0 Å². The molecule has 1 aliphatic rings. The molecule has 1 heterocycles. The van der Waals surface area contributed by atoms with Crippen LogP contribution in [0.2, 0.25) is 0 Å². The molecule has 0 aromatic carbocycles. The Balaban J connectivity index is 1.92. The van der Waals surface area contributed by atoms with Gasteiger partial charge in [-0.25, -0.2) is 0 Å². The van der Waals surface area contributed by atoms with Gasteiger partial charge in [-0.2, -0.15) is 0 Å². The van der Waals surface area contributed by atoms with Crippen molar-refractivity contribution in [2.24, 2.45) is 4.99 Å². The van der Waals surface area contributed by atoms with Gasteiger partial charge in [0.2, 0.25) is 0 Å². The summed E-state index contributed by atoms with van der Waals surface area (Å²) in [6.45, 7) is 4.62. The van der Waals surface area contributed by atoms with E-state index in [0.717, 1.165) is 13.1 Å². The second-order valence-corrected chi connectivity index (χ2v) is 2.83. The van der Waals surface area contributed by atoms with E-state index in [4.69, 9.17) is 0 Å². The summed E-state index contributed by atoms with van der Waals surface area (Å²) in [6.07, 6.45) is 1.86. The summed E-state index contributed by atoms with van der Waals surface area (Å²) < 4.78 is 0. The molecule has 0 atom stereocenters. The smallest absolute Gasteiger partial charge is 0.0845 e. The molecule has 10 heavy (non-hydrogen) atoms. The van der Waals surface area contributed by atoms with Crippen molar-refractivity contribution in [2.45, 2.75) is 0 Å². The molecule has 0 amide bonds. The lowest BCUT2D eigenvalue weighted by atomic mass is 10.6. The van der Waals surface area contributed by atoms with Crippen LogP contribution in [0.25, 0.3) is 0 Å². The first-order valence-corrected chi connectivity index (χ1v) is 3.68. The first kappa shape index (κ1) is 7.54. The molecule has 0 N–H and O–H groups in total. The van der Waals surface area contributed by atoms with Crippen LogP contribution in [-0.4, -0.2) is 56.4 Å². The molecule has 0 bridgehead atoms. The molecule has 0 aliphatic carbocycles. The topological polar surface area (TPSA) is 18.6 Å². The lowest BCUT2D eigenvalue weighted by Crippen LogP contribution is -2.10. The van der Waals surface area contributed by atoms with E-state index in [9.17, 15) is 0 Å². The third-order valence-corrected chi connectivity index (χ3v) is 1.40. The lowest BCUT2D eigenvalue weighted by molar-refractivity contribution is 0.565. The fraction of sp³-hybridized carbons (Fsp3) is 0.857. The zero-order valence-corrected chi connectivity index (χ0v) is 6.75. The summed E-state index contributed by atoms with van der Waals surface area (Å²) in [4.78, 5) is 8.54. The Morgan fingerprint density at radius 1 is 1.50 bits per heavy atom. The van der Waals surface area contributed by atoms with Crippen LogP contribution in [0.3, 0.4) is 0 Å². The van der Waals surface area contributed by atoms with Crippen molar-refractivity contribution in [3.8, 4) is 0 Å². The van der Waals surface area contributed by atoms with Gasteiger partial charge in [-0.05, 0) is 0 Å². The fourth-order valence-corrected chi connectivity index (χ4v) is 0.715. The number of rotatable bonds is 4. The second kappa shape index (κ2) is 3.56. The molecule has 3 nitrogen and oxygen atoms in total. The highest BCUT2D eigenvalue weighted by molar-refractivity contribution is 5.53. The van der Waals surface area contributed by atoms with E-state index in [1.807, 2.05) is 25.3 Å². The second-order valence-electron chi connectivity index (χ2n) is 2.83. The van der Waals surface area contributed by atoms with E-state index in [2.05, 4.69) is 9.89 Å². The number of aliphatic imine (C=N–C) groups is 1. The number of hydrogen-bond donors (Lipinski definition) is 0. The van der Waals surface area contributed by atoms with Crippen LogP contribution in [-0.2, 0) is 0 Å². The Morgan fingerprint density at radius 2 is 2.20 bits per heavy atom. The Kier molecular flexibility index (Phi) is 2.68. The Labute approximate surface area is 62.3 Å². The molecule has 1 aliphatic heterocycles. The molecule has 1 rings (SSSR count). The highest BCUT2D eigenvalue weighted by Gasteiger charge is 2.14. The Morgan fingerprint density at radius 3 is 2.70 bits per heavy atom. The molecule has 58 valence electrons. The maximum atomic E-state index is 4.21. The largest absolute Gasteiger partial charge is 0.369 e. The quantitative estimate of drug-likeness (QED) is 0.309. The molecule has 1 fully saturated rings. The van der Waals surface area contributed by atoms with Gasteiger partial charge >= 0.3 is 0 Å². The summed E-state index contributed by atoms with van der Waals surface area (Å²) in [7, 11) is 3.97. The van der Waals surface area contributed by atoms with Crippen molar-refractivity contribution in [1.29, 1.82) is 0 Å². The van der Waals surface area contributed by atoms with E-state index >= 15 is 0 Å². The average Bonchev–Trinajstić information content (AvgIpc) is 2.62. The molecule has 0 aromatic rings. The lowest BCUT2D eigenvalue weighted by Gasteiger charge is -2.01. The van der Waals surface area contributed by atoms with Gasteiger partial charge in [0.15, 0.2) is 0 Å². The zero-order valence-electron chi connectivity index (χ0n) is 6.75. The SMILES string of the molecule is CN(C)C=NCCN1CC1. The van der Waals surface area contributed by atoms with Crippen molar-refractivity contribution in [3.63, 3.8) is 0 Å². The van der Waals surface area contributed by atoms with Crippen LogP contribution < -0.4 is 0 Å². The predicted octanol–water partition coefficient (Wildman–Crippen LogP) is -0.108. The summed E-state index contributed by atoms with van der Waals surface area (Å²) >= 11 is 0. The van der Waals surface area contributed by atoms with Crippen molar-refractivity contribution < 1.29 is 0 Å². The summed E-state index contributed by atoms with van der Waals surface area (Å²) in [5, 5.41) is 0. The highest BCUT2D eigenvalue weighted by Crippen LogP contribution is 2.00. The molecule has 0 unspecified atom stereocenters. The van der Waals surface area contributed by atoms with Gasteiger partial charge in [0, 0.05) is 33.7 Å². The Hall–Kier alpha value is -0.570. The third-order valence-electron chi connectivity index (χ3n) is 1.40. The van der Waals surface area contributed by atoms with E-state index in [-0.39, 0.29) is 0 Å². The predicted molar refractivity (Wildman–Crippen MR) is 43.5 cm³/mol. The molecular formula is C7H15N3. The van der Waals surface area contributed by atoms with Crippen LogP contribution in [0.1, 0.15) is 0 Å². The summed E-state index contributed by atoms with van der Waals surface area (Å²) in [6, 6.07) is 0. The van der Waals surface area contributed by atoms with Crippen LogP contribution in [0.5, 0.6) is 0 Å². The molecule has 0 spiro atoms. The van der Waals surface area contributed by atoms with Crippen LogP contribution in [0.4, 0.5) is 0 Å². The minimum absolute atomic E-state index is 0.943. The molecule has 0 radical (unpaired) electrons. The van der Waals surface area contributed by atoms with Crippen molar-refractivity contribution in [2.75, 3.05) is 40.3 Å². The Bertz CT molecular complexity index is 116. The summed E-state index contributed by atoms with van der Waals surface area (Å²) in [5.74, 6) is 0. The number of hydrogen-bond acceptors (Lipinski definition) is 2. The zero-order chi connectivity index (χ0) is 7.40. The van der Waals surface area contributed by atoms with Gasteiger partial charge in [-0.3, -0.25) is 9.89 Å². The van der Waals surface area contributed by atoms with Crippen molar-refractivity contribution in [3.05, 3.63) is 0 Å². The average molecular weight is 141 g/mol. The third kappa shape index (κ3) is 3.45. The number of nitrogens with zero attached hydrogens (tertiary/aromatic N) is 3. The minimum atomic E-state index is 0.943. The standard InChI is InChI=1S/C7H15N3/c1-9(2)7-8-3-4-10-5-6-10/h7H,3-6H2,1-2H3. The van der Waals surface area contributed by atoms with Gasteiger partial charge in [-0.15, -0.1) is 0 Å². The molecule has 0 saturated carbocycles. The van der Waals surface area contributed by atoms with Gasteiger partial charge in [0.05, 0.1) is 12.9 Å². The van der Waals surface area contributed by atoms with E-state index < -0.39 is 0 Å². The van der Waals surface area contributed by atoms with E-state index in [1.54, 1.807) is 0 Å². The first-order valence-electron chi connectivity index (χ1n) is 3.68. The van der Waals surface area contributed by atoms with Gasteiger partial charge in [0.25, 0.3) is 0 Å². The minimum Gasteiger partial charge on any atom is -0.369 e. The maximum absolute atomic E-state index is 4.21.